The highest BCUT2D eigenvalue weighted by atomic mass is 16.3. The first-order valence-corrected chi connectivity index (χ1v) is 6.99. The Labute approximate surface area is 113 Å². The lowest BCUT2D eigenvalue weighted by Gasteiger charge is -2.37. The summed E-state index contributed by atoms with van der Waals surface area (Å²) in [7, 11) is 0. The number of aryl methyl sites for hydroxylation is 2. The second-order valence-corrected chi connectivity index (χ2v) is 5.56. The van der Waals surface area contributed by atoms with Crippen LogP contribution in [0.5, 0.6) is 0 Å². The highest BCUT2D eigenvalue weighted by molar-refractivity contribution is 5.79. The number of H-pyrrole nitrogens is 1. The number of aliphatic hydroxyl groups excluding tert-OH is 1. The van der Waals surface area contributed by atoms with Gasteiger partial charge in [-0.2, -0.15) is 5.10 Å². The topological polar surface area (TPSA) is 78.0 Å². The zero-order valence-corrected chi connectivity index (χ0v) is 11.9. The molecule has 1 aromatic rings. The van der Waals surface area contributed by atoms with Gasteiger partial charge in [0.1, 0.15) is 0 Å². The maximum atomic E-state index is 12.1. The lowest BCUT2D eigenvalue weighted by molar-refractivity contribution is -0.122. The molecule has 0 unspecified atom stereocenters. The van der Waals surface area contributed by atoms with Crippen molar-refractivity contribution >= 4 is 5.91 Å². The summed E-state index contributed by atoms with van der Waals surface area (Å²) in [5.74, 6) is 0.469. The van der Waals surface area contributed by atoms with E-state index in [9.17, 15) is 9.90 Å². The zero-order chi connectivity index (χ0) is 14.0. The van der Waals surface area contributed by atoms with Crippen LogP contribution in [0.4, 0.5) is 0 Å². The molecule has 1 saturated carbocycles. The predicted octanol–water partition coefficient (Wildman–Crippen LogP) is 1.23. The molecule has 1 heterocycles. The minimum Gasteiger partial charge on any atom is -0.393 e. The molecule has 5 nitrogen and oxygen atoms in total. The summed E-state index contributed by atoms with van der Waals surface area (Å²) in [6.45, 7) is 5.91. The van der Waals surface area contributed by atoms with Crippen LogP contribution in [0.25, 0.3) is 0 Å². The van der Waals surface area contributed by atoms with Gasteiger partial charge in [-0.3, -0.25) is 9.89 Å². The molecule has 0 radical (unpaired) electrons. The van der Waals surface area contributed by atoms with Gasteiger partial charge < -0.3 is 10.4 Å². The largest absolute Gasteiger partial charge is 0.393 e. The van der Waals surface area contributed by atoms with E-state index in [0.29, 0.717) is 12.3 Å². The Morgan fingerprint density at radius 3 is 2.68 bits per heavy atom. The lowest BCUT2D eigenvalue weighted by atomic mass is 9.76. The molecule has 1 atom stereocenters. The Morgan fingerprint density at radius 2 is 2.21 bits per heavy atom. The Bertz CT molecular complexity index is 430. The van der Waals surface area contributed by atoms with Crippen LogP contribution in [0.3, 0.4) is 0 Å². The zero-order valence-electron chi connectivity index (χ0n) is 11.9. The van der Waals surface area contributed by atoms with Gasteiger partial charge in [0, 0.05) is 17.3 Å². The van der Waals surface area contributed by atoms with Gasteiger partial charge in [-0.25, -0.2) is 0 Å². The first-order chi connectivity index (χ1) is 9.01. The molecule has 0 bridgehead atoms. The average Bonchev–Trinajstić information content (AvgIpc) is 2.64. The molecular formula is C14H23N3O2. The monoisotopic (exact) mass is 265 g/mol. The van der Waals surface area contributed by atoms with Gasteiger partial charge in [0.25, 0.3) is 0 Å². The number of amides is 1. The fourth-order valence-corrected chi connectivity index (χ4v) is 2.76. The van der Waals surface area contributed by atoms with Crippen molar-refractivity contribution in [3.05, 3.63) is 17.0 Å². The molecule has 0 spiro atoms. The lowest BCUT2D eigenvalue weighted by Crippen LogP contribution is -2.47. The van der Waals surface area contributed by atoms with E-state index in [1.165, 1.54) is 0 Å². The molecule has 0 aromatic carbocycles. The van der Waals surface area contributed by atoms with Crippen molar-refractivity contribution in [1.82, 2.24) is 15.5 Å². The van der Waals surface area contributed by atoms with Gasteiger partial charge >= 0.3 is 0 Å². The number of nitrogens with one attached hydrogen (secondary N) is 2. The van der Waals surface area contributed by atoms with Crippen LogP contribution in [0, 0.1) is 19.8 Å². The van der Waals surface area contributed by atoms with E-state index in [2.05, 4.69) is 22.4 Å². The summed E-state index contributed by atoms with van der Waals surface area (Å²) in [6.07, 6.45) is 2.73. The summed E-state index contributed by atoms with van der Waals surface area (Å²) >= 11 is 0. The van der Waals surface area contributed by atoms with Crippen molar-refractivity contribution in [1.29, 1.82) is 0 Å². The summed E-state index contributed by atoms with van der Waals surface area (Å²) in [6, 6.07) is 0.184. The summed E-state index contributed by atoms with van der Waals surface area (Å²) in [5.41, 5.74) is 2.83. The average molecular weight is 265 g/mol. The van der Waals surface area contributed by atoms with Crippen LogP contribution in [-0.4, -0.2) is 33.4 Å². The molecule has 1 aliphatic carbocycles. The fraction of sp³-hybridized carbons (Fsp3) is 0.714. The van der Waals surface area contributed by atoms with Crippen molar-refractivity contribution in [2.75, 3.05) is 0 Å². The second kappa shape index (κ2) is 5.74. The van der Waals surface area contributed by atoms with E-state index in [-0.39, 0.29) is 18.1 Å². The first kappa shape index (κ1) is 14.1. The Balaban J connectivity index is 1.90. The van der Waals surface area contributed by atoms with Crippen LogP contribution in [0.2, 0.25) is 0 Å². The van der Waals surface area contributed by atoms with Crippen LogP contribution < -0.4 is 5.32 Å². The molecule has 3 N–H and O–H groups in total. The SMILES string of the molecule is CC[C@H](NC(=O)Cc1c(C)n[nH]c1C)C1CC(O)C1. The number of rotatable bonds is 5. The molecule has 1 amide bonds. The number of nitrogens with zero attached hydrogens (tertiary/aromatic N) is 1. The highest BCUT2D eigenvalue weighted by Crippen LogP contribution is 2.31. The number of hydrogen-bond donors (Lipinski definition) is 3. The normalized spacial score (nSPS) is 23.8. The molecule has 19 heavy (non-hydrogen) atoms. The molecule has 2 rings (SSSR count). The standard InChI is InChI=1S/C14H23N3O2/c1-4-13(10-5-11(18)6-10)15-14(19)7-12-8(2)16-17-9(12)3/h10-11,13,18H,4-7H2,1-3H3,(H,15,19)(H,16,17)/t10?,11?,13-/m0/s1. The maximum absolute atomic E-state index is 12.1. The van der Waals surface area contributed by atoms with Crippen molar-refractivity contribution in [2.45, 2.75) is 58.6 Å². The van der Waals surface area contributed by atoms with Crippen LogP contribution in [0.1, 0.15) is 43.1 Å². The van der Waals surface area contributed by atoms with E-state index >= 15 is 0 Å². The summed E-state index contributed by atoms with van der Waals surface area (Å²) in [5, 5.41) is 19.4. The molecule has 1 aromatic heterocycles. The number of carbonyl (C=O) groups excluding carboxylic acids is 1. The number of hydrogen-bond acceptors (Lipinski definition) is 3. The van der Waals surface area contributed by atoms with E-state index in [1.54, 1.807) is 0 Å². The molecular weight excluding hydrogens is 242 g/mol. The molecule has 0 aliphatic heterocycles. The minimum absolute atomic E-state index is 0.0424. The third kappa shape index (κ3) is 3.15. The molecule has 1 aliphatic rings. The van der Waals surface area contributed by atoms with E-state index < -0.39 is 0 Å². The van der Waals surface area contributed by atoms with Crippen molar-refractivity contribution in [3.8, 4) is 0 Å². The predicted molar refractivity (Wildman–Crippen MR) is 72.7 cm³/mol. The van der Waals surface area contributed by atoms with E-state index in [1.807, 2.05) is 13.8 Å². The van der Waals surface area contributed by atoms with Gasteiger partial charge in [0.2, 0.25) is 5.91 Å². The van der Waals surface area contributed by atoms with Gasteiger partial charge in [-0.1, -0.05) is 6.92 Å². The highest BCUT2D eigenvalue weighted by Gasteiger charge is 2.33. The Hall–Kier alpha value is -1.36. The quantitative estimate of drug-likeness (QED) is 0.749. The number of aromatic nitrogens is 2. The van der Waals surface area contributed by atoms with Crippen molar-refractivity contribution < 1.29 is 9.90 Å². The second-order valence-electron chi connectivity index (χ2n) is 5.56. The first-order valence-electron chi connectivity index (χ1n) is 6.99. The summed E-state index contributed by atoms with van der Waals surface area (Å²) < 4.78 is 0. The van der Waals surface area contributed by atoms with E-state index in [4.69, 9.17) is 0 Å². The third-order valence-corrected chi connectivity index (χ3v) is 4.12. The minimum atomic E-state index is -0.172. The van der Waals surface area contributed by atoms with Gasteiger partial charge in [-0.05, 0) is 39.0 Å². The third-order valence-electron chi connectivity index (χ3n) is 4.12. The Morgan fingerprint density at radius 1 is 1.53 bits per heavy atom. The molecule has 0 saturated heterocycles. The van der Waals surface area contributed by atoms with Crippen molar-refractivity contribution in [3.63, 3.8) is 0 Å². The van der Waals surface area contributed by atoms with Crippen molar-refractivity contribution in [2.24, 2.45) is 5.92 Å². The van der Waals surface area contributed by atoms with Gasteiger partial charge in [0.05, 0.1) is 18.2 Å². The van der Waals surface area contributed by atoms with E-state index in [0.717, 1.165) is 36.2 Å². The number of carbonyl (C=O) groups is 1. The van der Waals surface area contributed by atoms with Crippen LogP contribution >= 0.6 is 0 Å². The maximum Gasteiger partial charge on any atom is 0.224 e. The molecule has 1 fully saturated rings. The number of aromatic amines is 1. The van der Waals surface area contributed by atoms with Crippen LogP contribution in [-0.2, 0) is 11.2 Å². The van der Waals surface area contributed by atoms with Gasteiger partial charge in [-0.15, -0.1) is 0 Å². The smallest absolute Gasteiger partial charge is 0.224 e. The summed E-state index contributed by atoms with van der Waals surface area (Å²) in [4.78, 5) is 12.1. The van der Waals surface area contributed by atoms with Gasteiger partial charge in [0.15, 0.2) is 0 Å². The molecule has 106 valence electrons. The Kier molecular flexibility index (Phi) is 4.24. The molecule has 5 heteroatoms. The fourth-order valence-electron chi connectivity index (χ4n) is 2.76. The number of aliphatic hydroxyl groups is 1. The van der Waals surface area contributed by atoms with Crippen LogP contribution in [0.15, 0.2) is 0 Å².